The topological polar surface area (TPSA) is 55.1 Å². The highest BCUT2D eigenvalue weighted by atomic mass is 32.2. The first-order valence-corrected chi connectivity index (χ1v) is 11.8. The summed E-state index contributed by atoms with van der Waals surface area (Å²) < 4.78 is 41.5. The van der Waals surface area contributed by atoms with E-state index in [0.717, 1.165) is 32.7 Å². The van der Waals surface area contributed by atoms with Crippen molar-refractivity contribution >= 4 is 21.4 Å². The van der Waals surface area contributed by atoms with E-state index in [1.165, 1.54) is 34.0 Å². The zero-order chi connectivity index (χ0) is 19.4. The number of halogens is 1. The maximum Gasteiger partial charge on any atom is 0.241 e. The van der Waals surface area contributed by atoms with Gasteiger partial charge in [0, 0.05) is 0 Å². The number of benzene rings is 1. The van der Waals surface area contributed by atoms with Crippen LogP contribution in [0.5, 0.6) is 0 Å². The van der Waals surface area contributed by atoms with Crippen LogP contribution in [0.25, 0.3) is 0 Å². The molecule has 1 aromatic carbocycles. The van der Waals surface area contributed by atoms with E-state index in [1.807, 2.05) is 18.4 Å². The molecule has 3 rings (SSSR count). The molecule has 1 fully saturated rings. The van der Waals surface area contributed by atoms with Crippen LogP contribution >= 0.6 is 11.3 Å². The van der Waals surface area contributed by atoms with Gasteiger partial charge in [-0.15, -0.1) is 11.3 Å². The average molecular weight is 414 g/mol. The molecule has 0 amide bonds. The van der Waals surface area contributed by atoms with Crippen LogP contribution in [0, 0.1) is 5.82 Å². The third kappa shape index (κ3) is 4.94. The molecule has 0 unspecified atom stereocenters. The summed E-state index contributed by atoms with van der Waals surface area (Å²) in [5.41, 5.74) is 0. The monoisotopic (exact) mass is 413 g/mol. The largest absolute Gasteiger partial charge is 0.326 e. The summed E-state index contributed by atoms with van der Waals surface area (Å²) in [7, 11) is -3.70. The van der Waals surface area contributed by atoms with Gasteiger partial charge in [-0.2, -0.15) is 0 Å². The number of thiophene rings is 1. The highest BCUT2D eigenvalue weighted by Gasteiger charge is 2.36. The number of likely N-dealkylation sites (N-methyl/N-ethyl adjacent to an activating group) is 1. The summed E-state index contributed by atoms with van der Waals surface area (Å²) in [5.74, 6) is -0.445. The fourth-order valence-corrected chi connectivity index (χ4v) is 6.10. The quantitative estimate of drug-likeness (QED) is 0.603. The molecule has 0 radical (unpaired) electrons. The van der Waals surface area contributed by atoms with Gasteiger partial charge in [0.15, 0.2) is 0 Å². The number of hydrogen-bond donors (Lipinski definition) is 3. The fourth-order valence-electron chi connectivity index (χ4n) is 3.85. The standard InChI is InChI=1S/C19H26FN3O2S2/c1-3-22-10-12-23(13-11-22)19(18-5-4-14-26-18)15(2)21-27(24,25)17-8-6-16(20)7-9-17/h4-9,14-15,19,21H,3,10-13H2,1-2H3/p+2/t15-,19+/m1/s1. The van der Waals surface area contributed by atoms with E-state index < -0.39 is 15.8 Å². The third-order valence-electron chi connectivity index (χ3n) is 5.35. The SMILES string of the molecule is CC[NH+]1CC[NH+]([C@H](c2cccs2)[C@@H](C)NS(=O)(=O)c2ccc(F)cc2)CC1. The van der Waals surface area contributed by atoms with Crippen molar-refractivity contribution < 1.29 is 22.6 Å². The van der Waals surface area contributed by atoms with Gasteiger partial charge in [-0.1, -0.05) is 6.07 Å². The van der Waals surface area contributed by atoms with Gasteiger partial charge in [0.2, 0.25) is 10.0 Å². The molecular weight excluding hydrogens is 385 g/mol. The predicted octanol–water partition coefficient (Wildman–Crippen LogP) is 0.0986. The molecule has 148 valence electrons. The summed E-state index contributed by atoms with van der Waals surface area (Å²) in [5, 5.41) is 2.04. The van der Waals surface area contributed by atoms with Crippen LogP contribution in [0.15, 0.2) is 46.7 Å². The molecule has 2 atom stereocenters. The highest BCUT2D eigenvalue weighted by molar-refractivity contribution is 7.89. The molecule has 3 N–H and O–H groups in total. The number of piperazine rings is 1. The van der Waals surface area contributed by atoms with Crippen molar-refractivity contribution in [3.8, 4) is 0 Å². The molecular formula is C19H28FN3O2S2+2. The van der Waals surface area contributed by atoms with Gasteiger partial charge in [0.25, 0.3) is 0 Å². The van der Waals surface area contributed by atoms with Gasteiger partial charge in [-0.3, -0.25) is 0 Å². The van der Waals surface area contributed by atoms with E-state index in [1.54, 1.807) is 16.2 Å². The molecule has 0 spiro atoms. The van der Waals surface area contributed by atoms with E-state index >= 15 is 0 Å². The van der Waals surface area contributed by atoms with Gasteiger partial charge in [-0.05, 0) is 49.6 Å². The molecule has 1 aliphatic rings. The van der Waals surface area contributed by atoms with Crippen LogP contribution in [0.1, 0.15) is 24.8 Å². The number of rotatable bonds is 7. The van der Waals surface area contributed by atoms with E-state index in [2.05, 4.69) is 17.7 Å². The molecule has 0 saturated carbocycles. The van der Waals surface area contributed by atoms with Gasteiger partial charge in [-0.25, -0.2) is 17.5 Å². The van der Waals surface area contributed by atoms with Gasteiger partial charge in [0.05, 0.1) is 22.4 Å². The lowest BCUT2D eigenvalue weighted by molar-refractivity contribution is -1.03. The first kappa shape index (κ1) is 20.4. The number of hydrogen-bond acceptors (Lipinski definition) is 3. The minimum atomic E-state index is -3.70. The molecule has 1 saturated heterocycles. The van der Waals surface area contributed by atoms with Crippen molar-refractivity contribution in [1.82, 2.24) is 4.72 Å². The minimum Gasteiger partial charge on any atom is -0.326 e. The molecule has 8 heteroatoms. The second kappa shape index (κ2) is 8.79. The Morgan fingerprint density at radius 3 is 2.37 bits per heavy atom. The first-order chi connectivity index (χ1) is 12.9. The fraction of sp³-hybridized carbons (Fsp3) is 0.474. The maximum atomic E-state index is 13.1. The van der Waals surface area contributed by atoms with Crippen molar-refractivity contribution in [2.75, 3.05) is 32.7 Å². The van der Waals surface area contributed by atoms with Crippen molar-refractivity contribution in [1.29, 1.82) is 0 Å². The lowest BCUT2D eigenvalue weighted by atomic mass is 10.1. The van der Waals surface area contributed by atoms with Crippen LogP contribution in [0.2, 0.25) is 0 Å². The normalized spacial score (nSPS) is 23.1. The Hall–Kier alpha value is -1.32. The van der Waals surface area contributed by atoms with Crippen LogP contribution in [0.3, 0.4) is 0 Å². The van der Waals surface area contributed by atoms with E-state index in [9.17, 15) is 12.8 Å². The minimum absolute atomic E-state index is 0.0682. The van der Waals surface area contributed by atoms with Crippen molar-refractivity contribution in [2.45, 2.75) is 30.8 Å². The van der Waals surface area contributed by atoms with Crippen molar-refractivity contribution in [3.05, 3.63) is 52.5 Å². The Morgan fingerprint density at radius 2 is 1.81 bits per heavy atom. The number of sulfonamides is 1. The Bertz CT molecular complexity index is 817. The zero-order valence-corrected chi connectivity index (χ0v) is 17.4. The van der Waals surface area contributed by atoms with Gasteiger partial charge in [0.1, 0.15) is 38.0 Å². The smallest absolute Gasteiger partial charge is 0.241 e. The highest BCUT2D eigenvalue weighted by Crippen LogP contribution is 2.21. The molecule has 27 heavy (non-hydrogen) atoms. The first-order valence-electron chi connectivity index (χ1n) is 9.40. The Labute approximate surface area is 164 Å². The Balaban J connectivity index is 1.79. The molecule has 0 bridgehead atoms. The molecule has 2 heterocycles. The Kier molecular flexibility index (Phi) is 6.65. The second-order valence-electron chi connectivity index (χ2n) is 7.12. The lowest BCUT2D eigenvalue weighted by Crippen LogP contribution is -3.28. The summed E-state index contributed by atoms with van der Waals surface area (Å²) in [6.45, 7) is 9.51. The molecule has 1 aromatic heterocycles. The van der Waals surface area contributed by atoms with Crippen LogP contribution in [0.4, 0.5) is 4.39 Å². The number of nitrogens with one attached hydrogen (secondary N) is 3. The van der Waals surface area contributed by atoms with Gasteiger partial charge >= 0.3 is 0 Å². The summed E-state index contributed by atoms with van der Waals surface area (Å²) in [6.07, 6.45) is 0. The lowest BCUT2D eigenvalue weighted by Gasteiger charge is -2.36. The van der Waals surface area contributed by atoms with Crippen molar-refractivity contribution in [3.63, 3.8) is 0 Å². The summed E-state index contributed by atoms with van der Waals surface area (Å²) >= 11 is 1.67. The third-order valence-corrected chi connectivity index (χ3v) is 7.88. The second-order valence-corrected chi connectivity index (χ2v) is 9.81. The number of quaternary nitrogens is 2. The van der Waals surface area contributed by atoms with Gasteiger partial charge < -0.3 is 9.80 Å². The molecule has 2 aromatic rings. The van der Waals surface area contributed by atoms with Crippen LogP contribution < -0.4 is 14.5 Å². The van der Waals surface area contributed by atoms with E-state index in [4.69, 9.17) is 0 Å². The average Bonchev–Trinajstić information content (AvgIpc) is 3.16. The molecule has 0 aliphatic carbocycles. The predicted molar refractivity (Wildman–Crippen MR) is 105 cm³/mol. The van der Waals surface area contributed by atoms with Crippen LogP contribution in [-0.2, 0) is 10.0 Å². The molecule has 1 aliphatic heterocycles. The maximum absolute atomic E-state index is 13.1. The van der Waals surface area contributed by atoms with Crippen molar-refractivity contribution in [2.24, 2.45) is 0 Å². The molecule has 5 nitrogen and oxygen atoms in total. The zero-order valence-electron chi connectivity index (χ0n) is 15.7. The van der Waals surface area contributed by atoms with Crippen LogP contribution in [-0.4, -0.2) is 47.2 Å². The van der Waals surface area contributed by atoms with E-state index in [-0.39, 0.29) is 17.0 Å². The van der Waals surface area contributed by atoms with E-state index in [0.29, 0.717) is 0 Å². The summed E-state index contributed by atoms with van der Waals surface area (Å²) in [6, 6.07) is 8.87. The Morgan fingerprint density at radius 1 is 1.15 bits per heavy atom. The summed E-state index contributed by atoms with van der Waals surface area (Å²) in [4.78, 5) is 4.31.